The molecule has 0 unspecified atom stereocenters. The van der Waals surface area contributed by atoms with Crippen molar-refractivity contribution in [2.75, 3.05) is 0 Å². The minimum Gasteiger partial charge on any atom is -0.399 e. The molecule has 18 heavy (non-hydrogen) atoms. The van der Waals surface area contributed by atoms with Crippen LogP contribution < -0.4 is 5.46 Å². The van der Waals surface area contributed by atoms with Crippen LogP contribution in [0.5, 0.6) is 0 Å². The Morgan fingerprint density at radius 3 is 1.83 bits per heavy atom. The van der Waals surface area contributed by atoms with Gasteiger partial charge in [0, 0.05) is 0 Å². The predicted octanol–water partition coefficient (Wildman–Crippen LogP) is 2.04. The fraction of sp³-hybridized carbons (Fsp3) is 0.571. The Hall–Kier alpha value is -0.835. The Kier molecular flexibility index (Phi) is 3.30. The zero-order valence-electron chi connectivity index (χ0n) is 11.7. The number of benzene rings is 1. The summed E-state index contributed by atoms with van der Waals surface area (Å²) in [6, 6.07) is 7.71. The SMILES string of the molecule is C[C@H](O)c1ccc(B2OC(C)(C)C(C)(C)O2)cc1. The zero-order chi connectivity index (χ0) is 13.6. The first-order valence-corrected chi connectivity index (χ1v) is 6.36. The molecule has 2 rings (SSSR count). The first kappa shape index (κ1) is 13.6. The van der Waals surface area contributed by atoms with Gasteiger partial charge in [0.15, 0.2) is 0 Å². The van der Waals surface area contributed by atoms with E-state index in [0.717, 1.165) is 11.0 Å². The molecule has 0 aromatic heterocycles. The maximum Gasteiger partial charge on any atom is 0.494 e. The van der Waals surface area contributed by atoms with E-state index in [1.807, 2.05) is 52.0 Å². The molecule has 0 saturated carbocycles. The van der Waals surface area contributed by atoms with Crippen LogP contribution in [0, 0.1) is 0 Å². The van der Waals surface area contributed by atoms with Crippen LogP contribution >= 0.6 is 0 Å². The Bertz CT molecular complexity index is 407. The summed E-state index contributed by atoms with van der Waals surface area (Å²) in [6.45, 7) is 9.91. The fourth-order valence-corrected chi connectivity index (χ4v) is 1.91. The molecule has 0 bridgehead atoms. The van der Waals surface area contributed by atoms with Crippen molar-refractivity contribution in [2.45, 2.75) is 51.9 Å². The van der Waals surface area contributed by atoms with E-state index in [9.17, 15) is 5.11 Å². The molecule has 0 spiro atoms. The molecular weight excluding hydrogens is 227 g/mol. The summed E-state index contributed by atoms with van der Waals surface area (Å²) in [7, 11) is -0.335. The smallest absolute Gasteiger partial charge is 0.399 e. The number of hydrogen-bond acceptors (Lipinski definition) is 3. The topological polar surface area (TPSA) is 38.7 Å². The highest BCUT2D eigenvalue weighted by molar-refractivity contribution is 6.62. The van der Waals surface area contributed by atoms with Crippen molar-refractivity contribution in [3.05, 3.63) is 29.8 Å². The summed E-state index contributed by atoms with van der Waals surface area (Å²) in [4.78, 5) is 0. The van der Waals surface area contributed by atoms with E-state index in [1.165, 1.54) is 0 Å². The Morgan fingerprint density at radius 2 is 1.44 bits per heavy atom. The van der Waals surface area contributed by atoms with Crippen molar-refractivity contribution in [3.63, 3.8) is 0 Å². The van der Waals surface area contributed by atoms with Crippen LogP contribution in [0.3, 0.4) is 0 Å². The van der Waals surface area contributed by atoms with Crippen LogP contribution in [0.25, 0.3) is 0 Å². The zero-order valence-corrected chi connectivity index (χ0v) is 11.7. The lowest BCUT2D eigenvalue weighted by molar-refractivity contribution is 0.00578. The van der Waals surface area contributed by atoms with Crippen molar-refractivity contribution in [3.8, 4) is 0 Å². The lowest BCUT2D eigenvalue weighted by Gasteiger charge is -2.32. The quantitative estimate of drug-likeness (QED) is 0.814. The van der Waals surface area contributed by atoms with Crippen LogP contribution in [0.4, 0.5) is 0 Å². The molecule has 98 valence electrons. The minimum absolute atomic E-state index is 0.319. The highest BCUT2D eigenvalue weighted by Gasteiger charge is 2.51. The summed E-state index contributed by atoms with van der Waals surface area (Å²) < 4.78 is 11.9. The van der Waals surface area contributed by atoms with Gasteiger partial charge in [-0.25, -0.2) is 0 Å². The molecular formula is C14H21BO3. The molecule has 1 aromatic rings. The van der Waals surface area contributed by atoms with Gasteiger partial charge in [-0.3, -0.25) is 0 Å². The van der Waals surface area contributed by atoms with Crippen molar-refractivity contribution in [1.29, 1.82) is 0 Å². The third-order valence-corrected chi connectivity index (χ3v) is 3.94. The van der Waals surface area contributed by atoms with Gasteiger partial charge in [0.2, 0.25) is 0 Å². The van der Waals surface area contributed by atoms with Gasteiger partial charge in [-0.1, -0.05) is 24.3 Å². The highest BCUT2D eigenvalue weighted by atomic mass is 16.7. The average Bonchev–Trinajstić information content (AvgIpc) is 2.48. The molecule has 4 heteroatoms. The van der Waals surface area contributed by atoms with E-state index in [2.05, 4.69) is 0 Å². The highest BCUT2D eigenvalue weighted by Crippen LogP contribution is 2.36. The Balaban J connectivity index is 2.19. The lowest BCUT2D eigenvalue weighted by atomic mass is 9.78. The predicted molar refractivity (Wildman–Crippen MR) is 72.8 cm³/mol. The van der Waals surface area contributed by atoms with E-state index >= 15 is 0 Å². The number of aliphatic hydroxyl groups is 1. The monoisotopic (exact) mass is 248 g/mol. The van der Waals surface area contributed by atoms with E-state index < -0.39 is 6.10 Å². The van der Waals surface area contributed by atoms with Crippen molar-refractivity contribution < 1.29 is 14.4 Å². The molecule has 1 aliphatic heterocycles. The van der Waals surface area contributed by atoms with Crippen LogP contribution in [0.1, 0.15) is 46.3 Å². The summed E-state index contributed by atoms with van der Waals surface area (Å²) >= 11 is 0. The normalized spacial score (nSPS) is 23.1. The molecule has 1 atom stereocenters. The maximum atomic E-state index is 9.48. The standard InChI is InChI=1S/C14H21BO3/c1-10(16)11-6-8-12(9-7-11)15-17-13(2,3)14(4,5)18-15/h6-10,16H,1-5H3/t10-/m0/s1. The molecule has 1 N–H and O–H groups in total. The van der Waals surface area contributed by atoms with Crippen LogP contribution in [-0.2, 0) is 9.31 Å². The second kappa shape index (κ2) is 4.37. The first-order chi connectivity index (χ1) is 8.23. The molecule has 1 heterocycles. The van der Waals surface area contributed by atoms with Gasteiger partial charge in [0.25, 0.3) is 0 Å². The first-order valence-electron chi connectivity index (χ1n) is 6.36. The second-order valence-corrected chi connectivity index (χ2v) is 5.93. The molecule has 1 saturated heterocycles. The van der Waals surface area contributed by atoms with Gasteiger partial charge in [0.1, 0.15) is 0 Å². The number of rotatable bonds is 2. The summed E-state index contributed by atoms with van der Waals surface area (Å²) in [5.41, 5.74) is 1.25. The Labute approximate surface area is 109 Å². The van der Waals surface area contributed by atoms with Crippen LogP contribution in [0.2, 0.25) is 0 Å². The van der Waals surface area contributed by atoms with E-state index in [1.54, 1.807) is 6.92 Å². The largest absolute Gasteiger partial charge is 0.494 e. The maximum absolute atomic E-state index is 9.48. The second-order valence-electron chi connectivity index (χ2n) is 5.93. The molecule has 0 amide bonds. The molecule has 0 radical (unpaired) electrons. The third-order valence-electron chi connectivity index (χ3n) is 3.94. The Morgan fingerprint density at radius 1 is 1.00 bits per heavy atom. The summed E-state index contributed by atoms with van der Waals surface area (Å²) in [5.74, 6) is 0. The van der Waals surface area contributed by atoms with Gasteiger partial charge in [-0.15, -0.1) is 0 Å². The lowest BCUT2D eigenvalue weighted by Crippen LogP contribution is -2.41. The van der Waals surface area contributed by atoms with Gasteiger partial charge in [-0.05, 0) is 45.6 Å². The number of hydrogen-bond donors (Lipinski definition) is 1. The fourth-order valence-electron chi connectivity index (χ4n) is 1.91. The summed E-state index contributed by atoms with van der Waals surface area (Å²) in [5, 5.41) is 9.48. The molecule has 1 aliphatic rings. The van der Waals surface area contributed by atoms with Crippen molar-refractivity contribution >= 4 is 12.6 Å². The number of aliphatic hydroxyl groups excluding tert-OH is 1. The summed E-state index contributed by atoms with van der Waals surface area (Å²) in [6.07, 6.45) is -0.447. The van der Waals surface area contributed by atoms with E-state index in [-0.39, 0.29) is 18.3 Å². The molecule has 1 aromatic carbocycles. The van der Waals surface area contributed by atoms with Crippen molar-refractivity contribution in [2.24, 2.45) is 0 Å². The third kappa shape index (κ3) is 2.33. The van der Waals surface area contributed by atoms with E-state index in [0.29, 0.717) is 0 Å². The van der Waals surface area contributed by atoms with Crippen LogP contribution in [0.15, 0.2) is 24.3 Å². The average molecular weight is 248 g/mol. The molecule has 1 fully saturated rings. The minimum atomic E-state index is -0.447. The van der Waals surface area contributed by atoms with Gasteiger partial charge < -0.3 is 14.4 Å². The van der Waals surface area contributed by atoms with Gasteiger partial charge >= 0.3 is 7.12 Å². The van der Waals surface area contributed by atoms with Crippen molar-refractivity contribution in [1.82, 2.24) is 0 Å². The van der Waals surface area contributed by atoms with E-state index in [4.69, 9.17) is 9.31 Å². The van der Waals surface area contributed by atoms with Gasteiger partial charge in [-0.2, -0.15) is 0 Å². The van der Waals surface area contributed by atoms with Crippen LogP contribution in [-0.4, -0.2) is 23.4 Å². The molecule has 0 aliphatic carbocycles. The molecule has 3 nitrogen and oxygen atoms in total. The van der Waals surface area contributed by atoms with Gasteiger partial charge in [0.05, 0.1) is 17.3 Å².